The third-order valence-electron chi connectivity index (χ3n) is 6.20. The molecule has 8 heteroatoms. The number of hydrogen-bond donors (Lipinski definition) is 2. The number of nitrogens with one attached hydrogen (secondary N) is 2. The van der Waals surface area contributed by atoms with E-state index in [1.807, 2.05) is 30.3 Å². The van der Waals surface area contributed by atoms with Crippen molar-refractivity contribution in [2.75, 3.05) is 20.2 Å². The average molecular weight is 451 g/mol. The third kappa shape index (κ3) is 5.90. The number of benzene rings is 2. The number of amides is 4. The van der Waals surface area contributed by atoms with Gasteiger partial charge in [0, 0.05) is 25.7 Å². The zero-order chi connectivity index (χ0) is 23.2. The van der Waals surface area contributed by atoms with Crippen LogP contribution < -0.4 is 15.4 Å². The first-order chi connectivity index (χ1) is 16.0. The van der Waals surface area contributed by atoms with E-state index < -0.39 is 12.1 Å². The van der Waals surface area contributed by atoms with E-state index in [1.165, 1.54) is 5.56 Å². The first-order valence-corrected chi connectivity index (χ1v) is 11.3. The van der Waals surface area contributed by atoms with Crippen LogP contribution in [0.5, 0.6) is 5.75 Å². The highest BCUT2D eigenvalue weighted by atomic mass is 16.5. The number of rotatable bonds is 8. The number of carbonyl (C=O) groups is 3. The molecule has 0 spiro atoms. The van der Waals surface area contributed by atoms with Crippen LogP contribution in [0.25, 0.3) is 0 Å². The Hall–Kier alpha value is -3.39. The molecule has 2 fully saturated rings. The van der Waals surface area contributed by atoms with Crippen molar-refractivity contribution in [1.82, 2.24) is 20.4 Å². The van der Waals surface area contributed by atoms with E-state index in [-0.39, 0.29) is 30.8 Å². The molecule has 2 N–H and O–H groups in total. The molecule has 174 valence electrons. The van der Waals surface area contributed by atoms with Crippen LogP contribution in [-0.4, -0.2) is 59.9 Å². The summed E-state index contributed by atoms with van der Waals surface area (Å²) in [5.74, 6) is 0.126. The maximum Gasteiger partial charge on any atom is 0.325 e. The summed E-state index contributed by atoms with van der Waals surface area (Å²) in [5.41, 5.74) is 2.10. The lowest BCUT2D eigenvalue weighted by Crippen LogP contribution is -2.46. The van der Waals surface area contributed by atoms with Crippen molar-refractivity contribution in [1.29, 1.82) is 0 Å². The first-order valence-electron chi connectivity index (χ1n) is 11.3. The molecule has 1 unspecified atom stereocenters. The van der Waals surface area contributed by atoms with Gasteiger partial charge in [-0.1, -0.05) is 42.5 Å². The molecule has 2 aromatic rings. The van der Waals surface area contributed by atoms with Gasteiger partial charge in [0.2, 0.25) is 5.91 Å². The van der Waals surface area contributed by atoms with E-state index in [1.54, 1.807) is 19.2 Å². The molecule has 0 aliphatic carbocycles. The Kier molecular flexibility index (Phi) is 7.24. The van der Waals surface area contributed by atoms with Gasteiger partial charge in [-0.2, -0.15) is 0 Å². The van der Waals surface area contributed by atoms with Gasteiger partial charge in [0.1, 0.15) is 11.8 Å². The van der Waals surface area contributed by atoms with E-state index >= 15 is 0 Å². The number of piperidine rings is 1. The molecule has 0 bridgehead atoms. The van der Waals surface area contributed by atoms with E-state index in [4.69, 9.17) is 4.74 Å². The van der Waals surface area contributed by atoms with E-state index in [0.29, 0.717) is 5.75 Å². The van der Waals surface area contributed by atoms with Gasteiger partial charge in [0.25, 0.3) is 5.91 Å². The summed E-state index contributed by atoms with van der Waals surface area (Å²) in [5, 5.41) is 5.68. The smallest absolute Gasteiger partial charge is 0.325 e. The van der Waals surface area contributed by atoms with Crippen molar-refractivity contribution in [3.05, 3.63) is 65.7 Å². The fourth-order valence-electron chi connectivity index (χ4n) is 4.33. The molecule has 2 saturated heterocycles. The van der Waals surface area contributed by atoms with Crippen LogP contribution in [0.1, 0.15) is 30.4 Å². The highest BCUT2D eigenvalue weighted by Crippen LogP contribution is 2.18. The normalized spacial score (nSPS) is 19.4. The van der Waals surface area contributed by atoms with Crippen LogP contribution in [0.2, 0.25) is 0 Å². The van der Waals surface area contributed by atoms with Crippen LogP contribution >= 0.6 is 0 Å². The maximum absolute atomic E-state index is 12.7. The largest absolute Gasteiger partial charge is 0.497 e. The zero-order valence-corrected chi connectivity index (χ0v) is 18.8. The van der Waals surface area contributed by atoms with Crippen molar-refractivity contribution in [2.45, 2.75) is 44.4 Å². The number of carbonyl (C=O) groups excluding carboxylic acids is 3. The topological polar surface area (TPSA) is 91.0 Å². The van der Waals surface area contributed by atoms with Gasteiger partial charge in [-0.05, 0) is 36.1 Å². The molecule has 0 radical (unpaired) electrons. The maximum atomic E-state index is 12.7. The van der Waals surface area contributed by atoms with Crippen LogP contribution in [0.3, 0.4) is 0 Å². The molecule has 2 aromatic carbocycles. The molecular formula is C25H30N4O4. The first kappa shape index (κ1) is 22.8. The summed E-state index contributed by atoms with van der Waals surface area (Å²) >= 11 is 0. The Morgan fingerprint density at radius 1 is 1.00 bits per heavy atom. The monoisotopic (exact) mass is 450 g/mol. The average Bonchev–Trinajstić information content (AvgIpc) is 3.08. The SMILES string of the molecule is COc1ccc(CN2C(=O)NC(CC(=O)NC3CCN(Cc4ccccc4)CC3)C2=O)cc1. The summed E-state index contributed by atoms with van der Waals surface area (Å²) in [4.78, 5) is 41.1. The summed E-state index contributed by atoms with van der Waals surface area (Å²) in [7, 11) is 1.58. The van der Waals surface area contributed by atoms with Crippen molar-refractivity contribution >= 4 is 17.8 Å². The molecule has 0 saturated carbocycles. The molecule has 1 atom stereocenters. The predicted octanol–water partition coefficient (Wildman–Crippen LogP) is 2.29. The van der Waals surface area contributed by atoms with Gasteiger partial charge < -0.3 is 15.4 Å². The van der Waals surface area contributed by atoms with Crippen molar-refractivity contribution in [3.8, 4) is 5.75 Å². The summed E-state index contributed by atoms with van der Waals surface area (Å²) in [6, 6.07) is 16.3. The molecule has 4 rings (SSSR count). The Bertz CT molecular complexity index is 972. The van der Waals surface area contributed by atoms with Gasteiger partial charge in [-0.15, -0.1) is 0 Å². The quantitative estimate of drug-likeness (QED) is 0.603. The van der Waals surface area contributed by atoms with Gasteiger partial charge in [0.05, 0.1) is 20.1 Å². The molecule has 2 heterocycles. The molecule has 2 aliphatic rings. The van der Waals surface area contributed by atoms with Crippen LogP contribution in [-0.2, 0) is 22.7 Å². The number of ether oxygens (including phenoxy) is 1. The number of imide groups is 1. The van der Waals surface area contributed by atoms with Gasteiger partial charge in [-0.3, -0.25) is 19.4 Å². The highest BCUT2D eigenvalue weighted by molar-refractivity contribution is 6.05. The number of methoxy groups -OCH3 is 1. The second kappa shape index (κ2) is 10.5. The van der Waals surface area contributed by atoms with E-state index in [0.717, 1.165) is 42.9 Å². The van der Waals surface area contributed by atoms with E-state index in [2.05, 4.69) is 27.7 Å². The zero-order valence-electron chi connectivity index (χ0n) is 18.8. The van der Waals surface area contributed by atoms with Crippen molar-refractivity contribution < 1.29 is 19.1 Å². The van der Waals surface area contributed by atoms with Gasteiger partial charge >= 0.3 is 6.03 Å². The minimum absolute atomic E-state index is 0.0477. The second-order valence-electron chi connectivity index (χ2n) is 8.58. The fourth-order valence-corrected chi connectivity index (χ4v) is 4.33. The molecule has 4 amide bonds. The minimum atomic E-state index is -0.825. The van der Waals surface area contributed by atoms with E-state index in [9.17, 15) is 14.4 Å². The number of nitrogens with zero attached hydrogens (tertiary/aromatic N) is 2. The fraction of sp³-hybridized carbons (Fsp3) is 0.400. The Morgan fingerprint density at radius 3 is 2.33 bits per heavy atom. The standard InChI is InChI=1S/C25H30N4O4/c1-33-21-9-7-19(8-10-21)17-29-24(31)22(27-25(29)32)15-23(30)26-20-11-13-28(14-12-20)16-18-5-3-2-4-6-18/h2-10,20,22H,11-17H2,1H3,(H,26,30)(H,27,32). The number of hydrogen-bond acceptors (Lipinski definition) is 5. The van der Waals surface area contributed by atoms with Crippen LogP contribution in [0.15, 0.2) is 54.6 Å². The molecule has 0 aromatic heterocycles. The lowest BCUT2D eigenvalue weighted by atomic mass is 10.0. The highest BCUT2D eigenvalue weighted by Gasteiger charge is 2.39. The third-order valence-corrected chi connectivity index (χ3v) is 6.20. The number of urea groups is 1. The molecular weight excluding hydrogens is 420 g/mol. The van der Waals surface area contributed by atoms with Crippen LogP contribution in [0, 0.1) is 0 Å². The van der Waals surface area contributed by atoms with Crippen molar-refractivity contribution in [3.63, 3.8) is 0 Å². The summed E-state index contributed by atoms with van der Waals surface area (Å²) in [6.07, 6.45) is 1.69. The summed E-state index contributed by atoms with van der Waals surface area (Å²) in [6.45, 7) is 2.89. The van der Waals surface area contributed by atoms with Gasteiger partial charge in [-0.25, -0.2) is 4.79 Å². The molecule has 8 nitrogen and oxygen atoms in total. The second-order valence-corrected chi connectivity index (χ2v) is 8.58. The molecule has 2 aliphatic heterocycles. The Labute approximate surface area is 193 Å². The minimum Gasteiger partial charge on any atom is -0.497 e. The van der Waals surface area contributed by atoms with Crippen molar-refractivity contribution in [2.24, 2.45) is 0 Å². The predicted molar refractivity (Wildman–Crippen MR) is 123 cm³/mol. The lowest BCUT2D eigenvalue weighted by molar-refractivity contribution is -0.131. The summed E-state index contributed by atoms with van der Waals surface area (Å²) < 4.78 is 5.13. The Morgan fingerprint density at radius 2 is 1.67 bits per heavy atom. The van der Waals surface area contributed by atoms with Gasteiger partial charge in [0.15, 0.2) is 0 Å². The van der Waals surface area contributed by atoms with Crippen LogP contribution in [0.4, 0.5) is 4.79 Å². The number of likely N-dealkylation sites (tertiary alicyclic amines) is 1. The molecule has 33 heavy (non-hydrogen) atoms. The Balaban J connectivity index is 1.22. The lowest BCUT2D eigenvalue weighted by Gasteiger charge is -2.32.